The van der Waals surface area contributed by atoms with E-state index in [1.807, 2.05) is 18.2 Å². The molecule has 1 saturated heterocycles. The number of carbonyl (C=O) groups excluding carboxylic acids is 2. The predicted octanol–water partition coefficient (Wildman–Crippen LogP) is 2.47. The van der Waals surface area contributed by atoms with Crippen molar-refractivity contribution in [3.05, 3.63) is 53.1 Å². The van der Waals surface area contributed by atoms with Gasteiger partial charge < -0.3 is 19.6 Å². The summed E-state index contributed by atoms with van der Waals surface area (Å²) in [4.78, 5) is 28.2. The fourth-order valence-electron chi connectivity index (χ4n) is 2.88. The van der Waals surface area contributed by atoms with E-state index in [4.69, 9.17) is 16.3 Å². The molecule has 6 nitrogen and oxygen atoms in total. The van der Waals surface area contributed by atoms with Gasteiger partial charge in [-0.05, 0) is 29.8 Å². The first-order valence-corrected chi connectivity index (χ1v) is 8.55. The number of piperazine rings is 1. The number of methoxy groups -OCH3 is 1. The fraction of sp³-hybridized carbons (Fsp3) is 0.263. The van der Waals surface area contributed by atoms with Crippen LogP contribution in [0.2, 0.25) is 5.02 Å². The lowest BCUT2D eigenvalue weighted by Crippen LogP contribution is -2.52. The van der Waals surface area contributed by atoms with E-state index >= 15 is 0 Å². The van der Waals surface area contributed by atoms with E-state index in [1.165, 1.54) is 6.07 Å². The largest absolute Gasteiger partial charge is 0.506 e. The third-order valence-electron chi connectivity index (χ3n) is 4.31. The molecule has 0 spiro atoms. The molecule has 2 aromatic rings. The van der Waals surface area contributed by atoms with Crippen molar-refractivity contribution in [3.8, 4) is 11.5 Å². The van der Waals surface area contributed by atoms with Gasteiger partial charge in [0.05, 0.1) is 18.6 Å². The summed E-state index contributed by atoms with van der Waals surface area (Å²) in [7, 11) is 1.58. The molecule has 1 N–H and O–H groups in total. The Morgan fingerprint density at radius 1 is 1.23 bits per heavy atom. The Balaban J connectivity index is 1.65. The number of nitrogens with zero attached hydrogens (tertiary/aromatic N) is 2. The summed E-state index contributed by atoms with van der Waals surface area (Å²) < 4.78 is 5.19. The molecule has 0 radical (unpaired) electrons. The summed E-state index contributed by atoms with van der Waals surface area (Å²) in [5.41, 5.74) is 1.45. The van der Waals surface area contributed by atoms with Gasteiger partial charge in [0.2, 0.25) is 11.8 Å². The van der Waals surface area contributed by atoms with Gasteiger partial charge in [-0.3, -0.25) is 9.59 Å². The summed E-state index contributed by atoms with van der Waals surface area (Å²) in [6.07, 6.45) is 0.131. The lowest BCUT2D eigenvalue weighted by Gasteiger charge is -2.34. The molecule has 0 bridgehead atoms. The first-order valence-electron chi connectivity index (χ1n) is 8.17. The number of carbonyl (C=O) groups is 2. The SMILES string of the molecule is COc1cccc(N2CCN(C(=O)Cc3ccc(O)c(Cl)c3)CC2=O)c1. The first-order chi connectivity index (χ1) is 12.5. The van der Waals surface area contributed by atoms with Crippen molar-refractivity contribution in [3.63, 3.8) is 0 Å². The number of phenolic OH excluding ortho intramolecular Hbond substituents is 1. The highest BCUT2D eigenvalue weighted by molar-refractivity contribution is 6.32. The van der Waals surface area contributed by atoms with Gasteiger partial charge in [0.15, 0.2) is 0 Å². The van der Waals surface area contributed by atoms with Crippen molar-refractivity contribution < 1.29 is 19.4 Å². The van der Waals surface area contributed by atoms with Crippen molar-refractivity contribution in [2.45, 2.75) is 6.42 Å². The smallest absolute Gasteiger partial charge is 0.246 e. The molecule has 0 aromatic heterocycles. The monoisotopic (exact) mass is 374 g/mol. The second kappa shape index (κ2) is 7.66. The zero-order valence-electron chi connectivity index (χ0n) is 14.3. The van der Waals surface area contributed by atoms with Gasteiger partial charge in [0.1, 0.15) is 18.0 Å². The third-order valence-corrected chi connectivity index (χ3v) is 4.61. The normalized spacial score (nSPS) is 14.5. The van der Waals surface area contributed by atoms with E-state index in [9.17, 15) is 14.7 Å². The molecule has 136 valence electrons. The molecule has 1 fully saturated rings. The maximum absolute atomic E-state index is 12.5. The second-order valence-corrected chi connectivity index (χ2v) is 6.43. The standard InChI is InChI=1S/C19H19ClN2O4/c1-26-15-4-2-3-14(11-15)22-8-7-21(12-19(22)25)18(24)10-13-5-6-17(23)16(20)9-13/h2-6,9,11,23H,7-8,10,12H2,1H3. The van der Waals surface area contributed by atoms with Gasteiger partial charge in [-0.25, -0.2) is 0 Å². The van der Waals surface area contributed by atoms with Gasteiger partial charge in [-0.1, -0.05) is 23.7 Å². The number of benzene rings is 2. The van der Waals surface area contributed by atoms with Crippen LogP contribution in [-0.4, -0.2) is 48.6 Å². The van der Waals surface area contributed by atoms with Crippen molar-refractivity contribution in [2.75, 3.05) is 31.6 Å². The number of halogens is 1. The fourth-order valence-corrected chi connectivity index (χ4v) is 3.09. The van der Waals surface area contributed by atoms with E-state index in [-0.39, 0.29) is 35.6 Å². The average Bonchev–Trinajstić information content (AvgIpc) is 2.64. The summed E-state index contributed by atoms with van der Waals surface area (Å²) in [5, 5.41) is 9.65. The minimum absolute atomic E-state index is 0.0232. The topological polar surface area (TPSA) is 70.1 Å². The molecule has 1 aliphatic rings. The molecule has 1 heterocycles. The number of phenols is 1. The first kappa shape index (κ1) is 18.1. The third kappa shape index (κ3) is 3.91. The Kier molecular flexibility index (Phi) is 5.32. The summed E-state index contributed by atoms with van der Waals surface area (Å²) in [5.74, 6) is 0.370. The van der Waals surface area contributed by atoms with Gasteiger partial charge in [-0.2, -0.15) is 0 Å². The predicted molar refractivity (Wildman–Crippen MR) is 98.7 cm³/mol. The Bertz CT molecular complexity index is 840. The van der Waals surface area contributed by atoms with E-state index in [0.29, 0.717) is 24.4 Å². The zero-order chi connectivity index (χ0) is 18.7. The minimum atomic E-state index is -0.148. The number of amides is 2. The van der Waals surface area contributed by atoms with Crippen molar-refractivity contribution >= 4 is 29.1 Å². The van der Waals surface area contributed by atoms with Gasteiger partial charge >= 0.3 is 0 Å². The van der Waals surface area contributed by atoms with Crippen LogP contribution in [0.3, 0.4) is 0 Å². The molecule has 0 atom stereocenters. The van der Waals surface area contributed by atoms with Crippen molar-refractivity contribution in [1.29, 1.82) is 0 Å². The summed E-state index contributed by atoms with van der Waals surface area (Å²) in [6, 6.07) is 11.9. The minimum Gasteiger partial charge on any atom is -0.506 e. The molecule has 0 unspecified atom stereocenters. The molecule has 2 aromatic carbocycles. The number of hydrogen-bond donors (Lipinski definition) is 1. The molecular weight excluding hydrogens is 356 g/mol. The van der Waals surface area contributed by atoms with Crippen molar-refractivity contribution in [1.82, 2.24) is 4.90 Å². The van der Waals surface area contributed by atoms with Crippen LogP contribution in [-0.2, 0) is 16.0 Å². The highest BCUT2D eigenvalue weighted by Crippen LogP contribution is 2.25. The molecule has 1 aliphatic heterocycles. The lowest BCUT2D eigenvalue weighted by molar-refractivity contribution is -0.136. The number of aromatic hydroxyl groups is 1. The molecule has 26 heavy (non-hydrogen) atoms. The zero-order valence-corrected chi connectivity index (χ0v) is 15.1. The van der Waals surface area contributed by atoms with Crippen LogP contribution < -0.4 is 9.64 Å². The highest BCUT2D eigenvalue weighted by Gasteiger charge is 2.28. The molecule has 0 saturated carbocycles. The molecule has 3 rings (SSSR count). The number of rotatable bonds is 4. The van der Waals surface area contributed by atoms with Gasteiger partial charge in [0, 0.05) is 24.8 Å². The van der Waals surface area contributed by atoms with Crippen LogP contribution in [0.4, 0.5) is 5.69 Å². The number of anilines is 1. The van der Waals surface area contributed by atoms with E-state index in [0.717, 1.165) is 5.69 Å². The Morgan fingerprint density at radius 3 is 2.73 bits per heavy atom. The molecule has 7 heteroatoms. The number of ether oxygens (including phenoxy) is 1. The average molecular weight is 375 g/mol. The van der Waals surface area contributed by atoms with Gasteiger partial charge in [0.25, 0.3) is 0 Å². The van der Waals surface area contributed by atoms with Crippen molar-refractivity contribution in [2.24, 2.45) is 0 Å². The van der Waals surface area contributed by atoms with E-state index in [2.05, 4.69) is 0 Å². The highest BCUT2D eigenvalue weighted by atomic mass is 35.5. The van der Waals surface area contributed by atoms with Crippen LogP contribution in [0.25, 0.3) is 0 Å². The Morgan fingerprint density at radius 2 is 2.04 bits per heavy atom. The van der Waals surface area contributed by atoms with Crippen LogP contribution in [0.5, 0.6) is 11.5 Å². The van der Waals surface area contributed by atoms with E-state index < -0.39 is 0 Å². The Labute approximate surface area is 156 Å². The van der Waals surface area contributed by atoms with Crippen LogP contribution in [0, 0.1) is 0 Å². The quantitative estimate of drug-likeness (QED) is 0.892. The lowest BCUT2D eigenvalue weighted by atomic mass is 10.1. The second-order valence-electron chi connectivity index (χ2n) is 6.02. The molecule has 0 aliphatic carbocycles. The maximum Gasteiger partial charge on any atom is 0.246 e. The van der Waals surface area contributed by atoms with Crippen LogP contribution >= 0.6 is 11.6 Å². The summed E-state index contributed by atoms with van der Waals surface area (Å²) >= 11 is 5.87. The van der Waals surface area contributed by atoms with Crippen LogP contribution in [0.1, 0.15) is 5.56 Å². The van der Waals surface area contributed by atoms with Gasteiger partial charge in [-0.15, -0.1) is 0 Å². The van der Waals surface area contributed by atoms with E-state index in [1.54, 1.807) is 35.1 Å². The maximum atomic E-state index is 12.5. The Hall–Kier alpha value is -2.73. The number of hydrogen-bond acceptors (Lipinski definition) is 4. The molecular formula is C19H19ClN2O4. The molecule has 2 amide bonds. The summed E-state index contributed by atoms with van der Waals surface area (Å²) in [6.45, 7) is 0.906. The van der Waals surface area contributed by atoms with Crippen LogP contribution in [0.15, 0.2) is 42.5 Å².